The van der Waals surface area contributed by atoms with Crippen molar-refractivity contribution in [2.75, 3.05) is 6.61 Å². The van der Waals surface area contributed by atoms with Crippen molar-refractivity contribution >= 4 is 21.9 Å². The predicted molar refractivity (Wildman–Crippen MR) is 117 cm³/mol. The van der Waals surface area contributed by atoms with Gasteiger partial charge >= 0.3 is 5.97 Å². The van der Waals surface area contributed by atoms with Gasteiger partial charge in [-0.1, -0.05) is 42.5 Å². The second-order valence-corrected chi connectivity index (χ2v) is 9.53. The molecule has 1 aliphatic carbocycles. The molecule has 0 radical (unpaired) electrons. The Labute approximate surface area is 191 Å². The quantitative estimate of drug-likeness (QED) is 0.538. The van der Waals surface area contributed by atoms with Crippen LogP contribution in [0.5, 0.6) is 0 Å². The number of sulfonamides is 1. The van der Waals surface area contributed by atoms with Gasteiger partial charge in [0.25, 0.3) is 5.91 Å². The van der Waals surface area contributed by atoms with Gasteiger partial charge in [-0.2, -0.15) is 9.98 Å². The lowest BCUT2D eigenvalue weighted by Gasteiger charge is -2.22. The van der Waals surface area contributed by atoms with E-state index in [0.29, 0.717) is 18.4 Å². The number of rotatable bonds is 9. The molecular formula is C23H24FN3O5S. The molecule has 1 saturated carbocycles. The zero-order chi connectivity index (χ0) is 23.9. The summed E-state index contributed by atoms with van der Waals surface area (Å²) in [6.07, 6.45) is 2.58. The molecule has 10 heteroatoms. The average Bonchev–Trinajstić information content (AvgIpc) is 3.26. The summed E-state index contributed by atoms with van der Waals surface area (Å²) in [5.74, 6) is -2.61. The van der Waals surface area contributed by atoms with Crippen molar-refractivity contribution in [1.82, 2.24) is 10.0 Å². The lowest BCUT2D eigenvalue weighted by atomic mass is 10.00. The fourth-order valence-corrected chi connectivity index (χ4v) is 4.98. The smallest absolute Gasteiger partial charge is 0.325 e. The number of nitrogens with one attached hydrogen (secondary N) is 2. The molecule has 2 aromatic rings. The monoisotopic (exact) mass is 473 g/mol. The highest BCUT2D eigenvalue weighted by atomic mass is 32.2. The van der Waals surface area contributed by atoms with Gasteiger partial charge in [-0.3, -0.25) is 9.59 Å². The first-order valence-corrected chi connectivity index (χ1v) is 11.9. The third kappa shape index (κ3) is 6.37. The number of esters is 1. The van der Waals surface area contributed by atoms with Crippen LogP contribution in [-0.2, 0) is 30.8 Å². The lowest BCUT2D eigenvalue weighted by Crippen LogP contribution is -2.48. The maximum atomic E-state index is 14.1. The van der Waals surface area contributed by atoms with Crippen molar-refractivity contribution in [2.24, 2.45) is 0 Å². The van der Waals surface area contributed by atoms with Crippen LogP contribution in [0.25, 0.3) is 0 Å². The van der Waals surface area contributed by atoms with Crippen LogP contribution in [-0.4, -0.2) is 38.5 Å². The Hall–Kier alpha value is -3.29. The summed E-state index contributed by atoms with van der Waals surface area (Å²) in [6, 6.07) is 14.1. The van der Waals surface area contributed by atoms with Crippen LogP contribution in [0.15, 0.2) is 59.5 Å². The second kappa shape index (κ2) is 10.6. The first-order chi connectivity index (χ1) is 15.7. The number of hydrogen-bond donors (Lipinski definition) is 2. The van der Waals surface area contributed by atoms with Gasteiger partial charge in [-0.15, -0.1) is 0 Å². The summed E-state index contributed by atoms with van der Waals surface area (Å²) >= 11 is 0. The molecule has 1 amide bonds. The van der Waals surface area contributed by atoms with Crippen LogP contribution in [0, 0.1) is 17.1 Å². The number of nitriles is 1. The third-order valence-corrected chi connectivity index (χ3v) is 6.89. The first-order valence-electron chi connectivity index (χ1n) is 10.4. The molecule has 1 aliphatic rings. The van der Waals surface area contributed by atoms with Crippen LogP contribution in [0.3, 0.4) is 0 Å². The van der Waals surface area contributed by atoms with E-state index in [-0.39, 0.29) is 6.42 Å². The van der Waals surface area contributed by atoms with Crippen LogP contribution < -0.4 is 10.0 Å². The summed E-state index contributed by atoms with van der Waals surface area (Å²) in [4.78, 5) is 24.4. The number of carbonyl (C=O) groups excluding carboxylic acids is 2. The number of carbonyl (C=O) groups is 2. The van der Waals surface area contributed by atoms with Gasteiger partial charge in [0, 0.05) is 0 Å². The highest BCUT2D eigenvalue weighted by Gasteiger charge is 2.36. The second-order valence-electron chi connectivity index (χ2n) is 7.85. The van der Waals surface area contributed by atoms with E-state index in [2.05, 4.69) is 16.1 Å². The topological polar surface area (TPSA) is 125 Å². The Balaban J connectivity index is 1.72. The number of hydrogen-bond acceptors (Lipinski definition) is 6. The van der Waals surface area contributed by atoms with Crippen molar-refractivity contribution in [3.8, 4) is 6.07 Å². The van der Waals surface area contributed by atoms with Crippen molar-refractivity contribution in [1.29, 1.82) is 5.26 Å². The first kappa shape index (κ1) is 24.4. The maximum absolute atomic E-state index is 14.1. The predicted octanol–water partition coefficient (Wildman–Crippen LogP) is 2.21. The molecule has 3 rings (SSSR count). The number of benzene rings is 2. The summed E-state index contributed by atoms with van der Waals surface area (Å²) < 4.78 is 46.8. The van der Waals surface area contributed by atoms with Gasteiger partial charge in [-0.05, 0) is 49.8 Å². The standard InChI is InChI=1S/C23H24FN3O5S/c24-18-10-4-5-11-20(18)33(30,31)27-19(14-17-8-2-1-3-9-17)22(29)32-15-21(28)26-23(16-25)12-6-7-13-23/h1-5,8-11,19,27H,6-7,12-15H2,(H,26,28)/t19-/m0/s1. The zero-order valence-electron chi connectivity index (χ0n) is 17.8. The minimum Gasteiger partial charge on any atom is -0.454 e. The summed E-state index contributed by atoms with van der Waals surface area (Å²) in [7, 11) is -4.40. The molecule has 0 unspecified atom stereocenters. The molecule has 1 atom stereocenters. The summed E-state index contributed by atoms with van der Waals surface area (Å²) in [6.45, 7) is -0.672. The molecule has 0 saturated heterocycles. The van der Waals surface area contributed by atoms with Crippen LogP contribution in [0.1, 0.15) is 31.2 Å². The van der Waals surface area contributed by atoms with E-state index >= 15 is 0 Å². The highest BCUT2D eigenvalue weighted by molar-refractivity contribution is 7.89. The van der Waals surface area contributed by atoms with E-state index in [0.717, 1.165) is 25.0 Å². The fourth-order valence-electron chi connectivity index (χ4n) is 3.72. The molecule has 0 aromatic heterocycles. The molecule has 174 valence electrons. The van der Waals surface area contributed by atoms with Gasteiger partial charge < -0.3 is 10.1 Å². The minimum absolute atomic E-state index is 0.0723. The fraction of sp³-hybridized carbons (Fsp3) is 0.348. The number of halogens is 1. The van der Waals surface area contributed by atoms with Crippen molar-refractivity contribution in [2.45, 2.75) is 48.6 Å². The highest BCUT2D eigenvalue weighted by Crippen LogP contribution is 2.28. The Bertz CT molecular complexity index is 1140. The SMILES string of the molecule is N#CC1(NC(=O)COC(=O)[C@H](Cc2ccccc2)NS(=O)(=O)c2ccccc2F)CCCC1. The minimum atomic E-state index is -4.40. The van der Waals surface area contributed by atoms with E-state index in [1.807, 2.05) is 0 Å². The van der Waals surface area contributed by atoms with Crippen molar-refractivity contribution in [3.05, 3.63) is 66.0 Å². The van der Waals surface area contributed by atoms with E-state index in [1.54, 1.807) is 30.3 Å². The van der Waals surface area contributed by atoms with Crippen LogP contribution in [0.4, 0.5) is 4.39 Å². The van der Waals surface area contributed by atoms with Crippen LogP contribution in [0.2, 0.25) is 0 Å². The van der Waals surface area contributed by atoms with Gasteiger partial charge in [-0.25, -0.2) is 12.8 Å². The van der Waals surface area contributed by atoms with E-state index in [1.165, 1.54) is 12.1 Å². The van der Waals surface area contributed by atoms with E-state index in [9.17, 15) is 27.7 Å². The Morgan fingerprint density at radius 2 is 1.73 bits per heavy atom. The summed E-state index contributed by atoms with van der Waals surface area (Å²) in [5.41, 5.74) is -0.339. The van der Waals surface area contributed by atoms with Crippen LogP contribution >= 0.6 is 0 Å². The van der Waals surface area contributed by atoms with Gasteiger partial charge in [0.1, 0.15) is 22.3 Å². The molecule has 0 aliphatic heterocycles. The summed E-state index contributed by atoms with van der Waals surface area (Å²) in [5, 5.41) is 12.0. The number of ether oxygens (including phenoxy) is 1. The molecular weight excluding hydrogens is 449 g/mol. The lowest BCUT2D eigenvalue weighted by molar-refractivity contribution is -0.150. The molecule has 8 nitrogen and oxygen atoms in total. The largest absolute Gasteiger partial charge is 0.454 e. The van der Waals surface area contributed by atoms with Gasteiger partial charge in [0.15, 0.2) is 6.61 Å². The Morgan fingerprint density at radius 3 is 2.36 bits per heavy atom. The Morgan fingerprint density at radius 1 is 1.09 bits per heavy atom. The Kier molecular flexibility index (Phi) is 7.79. The molecule has 33 heavy (non-hydrogen) atoms. The molecule has 2 aromatic carbocycles. The normalized spacial score (nSPS) is 15.9. The molecule has 2 N–H and O–H groups in total. The van der Waals surface area contributed by atoms with E-state index < -0.39 is 50.8 Å². The number of amides is 1. The van der Waals surface area contributed by atoms with Gasteiger partial charge in [0.2, 0.25) is 10.0 Å². The average molecular weight is 474 g/mol. The molecule has 0 spiro atoms. The van der Waals surface area contributed by atoms with Gasteiger partial charge in [0.05, 0.1) is 6.07 Å². The van der Waals surface area contributed by atoms with E-state index in [4.69, 9.17) is 4.74 Å². The molecule has 1 fully saturated rings. The van der Waals surface area contributed by atoms with Crippen molar-refractivity contribution < 1.29 is 27.1 Å². The third-order valence-electron chi connectivity index (χ3n) is 5.39. The molecule has 0 heterocycles. The number of nitrogens with zero attached hydrogens (tertiary/aromatic N) is 1. The van der Waals surface area contributed by atoms with Crippen molar-refractivity contribution in [3.63, 3.8) is 0 Å². The molecule has 0 bridgehead atoms. The maximum Gasteiger partial charge on any atom is 0.325 e. The zero-order valence-corrected chi connectivity index (χ0v) is 18.6.